The molecule has 2 aromatic heterocycles. The average molecular weight is 440 g/mol. The fourth-order valence-electron chi connectivity index (χ4n) is 5.06. The molecular formula is C28H22F2N2O. The first kappa shape index (κ1) is 21.1. The van der Waals surface area contributed by atoms with Crippen molar-refractivity contribution in [2.45, 2.75) is 31.1 Å². The Morgan fingerprint density at radius 2 is 1.12 bits per heavy atom. The number of hydrogen-bond acceptors (Lipinski definition) is 3. The molecule has 1 aliphatic carbocycles. The van der Waals surface area contributed by atoms with Crippen LogP contribution in [0.1, 0.15) is 51.0 Å². The van der Waals surface area contributed by atoms with E-state index < -0.39 is 17.3 Å². The summed E-state index contributed by atoms with van der Waals surface area (Å²) in [6.45, 7) is 0. The molecule has 2 heterocycles. The zero-order valence-corrected chi connectivity index (χ0v) is 18.0. The number of hydrogen-bond donors (Lipinski definition) is 0. The van der Waals surface area contributed by atoms with Crippen LogP contribution in [0.4, 0.5) is 8.78 Å². The maximum atomic E-state index is 13.8. The summed E-state index contributed by atoms with van der Waals surface area (Å²) in [6.07, 6.45) is 5.52. The first-order valence-electron chi connectivity index (χ1n) is 11.0. The van der Waals surface area contributed by atoms with Crippen molar-refractivity contribution in [3.8, 4) is 0 Å². The van der Waals surface area contributed by atoms with Gasteiger partial charge in [-0.05, 0) is 72.2 Å². The van der Waals surface area contributed by atoms with Crippen molar-refractivity contribution >= 4 is 5.78 Å². The van der Waals surface area contributed by atoms with Gasteiger partial charge >= 0.3 is 0 Å². The molecule has 5 heteroatoms. The molecule has 0 saturated heterocycles. The van der Waals surface area contributed by atoms with Gasteiger partial charge in [0, 0.05) is 28.9 Å². The number of ketones is 1. The number of aryl methyl sites for hydroxylation is 2. The Morgan fingerprint density at radius 1 is 0.667 bits per heavy atom. The number of nitrogens with zero attached hydrogens (tertiary/aromatic N) is 2. The van der Waals surface area contributed by atoms with Gasteiger partial charge in [-0.25, -0.2) is 9.97 Å². The van der Waals surface area contributed by atoms with Crippen LogP contribution in [-0.2, 0) is 18.3 Å². The summed E-state index contributed by atoms with van der Waals surface area (Å²) < 4.78 is 27.5. The third-order valence-electron chi connectivity index (χ3n) is 6.64. The van der Waals surface area contributed by atoms with E-state index >= 15 is 0 Å². The predicted molar refractivity (Wildman–Crippen MR) is 122 cm³/mol. The third-order valence-corrected chi connectivity index (χ3v) is 6.64. The molecule has 0 N–H and O–H groups in total. The van der Waals surface area contributed by atoms with E-state index in [4.69, 9.17) is 0 Å². The average Bonchev–Trinajstić information content (AvgIpc) is 2.84. The molecule has 2 aromatic carbocycles. The van der Waals surface area contributed by atoms with E-state index in [1.807, 2.05) is 60.7 Å². The van der Waals surface area contributed by atoms with Crippen LogP contribution >= 0.6 is 0 Å². The Morgan fingerprint density at radius 3 is 1.58 bits per heavy atom. The molecule has 0 atom stereocenters. The number of fused-ring (bicyclic) bond motifs is 2. The summed E-state index contributed by atoms with van der Waals surface area (Å²) in [4.78, 5) is 20.6. The van der Waals surface area contributed by atoms with E-state index in [0.717, 1.165) is 22.3 Å². The van der Waals surface area contributed by atoms with E-state index in [-0.39, 0.29) is 5.78 Å². The SMILES string of the molecule is O=C1c2ccccc2C(CCc2ccnc(F)c2)(CCc2ccnc(F)c2)c2ccccc21. The molecule has 4 aromatic rings. The van der Waals surface area contributed by atoms with Gasteiger partial charge in [0.2, 0.25) is 11.9 Å². The quantitative estimate of drug-likeness (QED) is 0.353. The fraction of sp³-hybridized carbons (Fsp3) is 0.179. The molecule has 0 spiro atoms. The summed E-state index contributed by atoms with van der Waals surface area (Å²) >= 11 is 0. The minimum atomic E-state index is -0.506. The van der Waals surface area contributed by atoms with Gasteiger partial charge in [-0.1, -0.05) is 48.5 Å². The van der Waals surface area contributed by atoms with Crippen molar-refractivity contribution in [1.29, 1.82) is 0 Å². The Labute approximate surface area is 191 Å². The van der Waals surface area contributed by atoms with Crippen LogP contribution in [0.3, 0.4) is 0 Å². The topological polar surface area (TPSA) is 42.9 Å². The maximum absolute atomic E-state index is 13.8. The van der Waals surface area contributed by atoms with E-state index in [0.29, 0.717) is 36.8 Å². The van der Waals surface area contributed by atoms with Crippen molar-refractivity contribution in [3.05, 3.63) is 130 Å². The van der Waals surface area contributed by atoms with Crippen LogP contribution in [0.15, 0.2) is 85.2 Å². The molecule has 0 radical (unpaired) electrons. The summed E-state index contributed by atoms with van der Waals surface area (Å²) in [6, 6.07) is 22.0. The Bertz CT molecular complexity index is 1230. The summed E-state index contributed by atoms with van der Waals surface area (Å²) in [5.41, 5.74) is 4.54. The standard InChI is InChI=1S/C28H22F2N2O/c29-25-17-19(11-15-31-25)9-13-28(14-10-20-12-16-32-26(30)18-20)23-7-3-1-5-21(23)27(33)22-6-2-4-8-24(22)28/h1-8,11-12,15-18H,9-10,13-14H2. The second kappa shape index (κ2) is 8.66. The number of halogens is 2. The highest BCUT2D eigenvalue weighted by Gasteiger charge is 2.42. The normalized spacial score (nSPS) is 13.9. The highest BCUT2D eigenvalue weighted by molar-refractivity contribution is 6.13. The van der Waals surface area contributed by atoms with Crippen LogP contribution in [-0.4, -0.2) is 15.8 Å². The summed E-state index contributed by atoms with van der Waals surface area (Å²) in [5.74, 6) is -0.997. The van der Waals surface area contributed by atoms with Crippen molar-refractivity contribution < 1.29 is 13.6 Å². The maximum Gasteiger partial charge on any atom is 0.213 e. The van der Waals surface area contributed by atoms with Gasteiger partial charge < -0.3 is 0 Å². The highest BCUT2D eigenvalue weighted by Crippen LogP contribution is 2.47. The van der Waals surface area contributed by atoms with Crippen molar-refractivity contribution in [3.63, 3.8) is 0 Å². The van der Waals surface area contributed by atoms with Crippen molar-refractivity contribution in [2.75, 3.05) is 0 Å². The van der Waals surface area contributed by atoms with Gasteiger partial charge in [-0.2, -0.15) is 8.78 Å². The van der Waals surface area contributed by atoms with E-state index in [9.17, 15) is 13.6 Å². The second-order valence-corrected chi connectivity index (χ2v) is 8.48. The third kappa shape index (κ3) is 3.95. The van der Waals surface area contributed by atoms with Gasteiger partial charge in [0.1, 0.15) is 0 Å². The fourth-order valence-corrected chi connectivity index (χ4v) is 5.06. The van der Waals surface area contributed by atoms with Gasteiger partial charge in [0.25, 0.3) is 0 Å². The number of rotatable bonds is 6. The van der Waals surface area contributed by atoms with Crippen LogP contribution in [0, 0.1) is 11.9 Å². The molecule has 0 fully saturated rings. The number of aromatic nitrogens is 2. The van der Waals surface area contributed by atoms with Crippen molar-refractivity contribution in [1.82, 2.24) is 9.97 Å². The number of carbonyl (C=O) groups is 1. The molecule has 0 amide bonds. The summed E-state index contributed by atoms with van der Waals surface area (Å²) in [5, 5.41) is 0. The van der Waals surface area contributed by atoms with Crippen LogP contribution in [0.2, 0.25) is 0 Å². The van der Waals surface area contributed by atoms with Gasteiger partial charge in [-0.15, -0.1) is 0 Å². The zero-order valence-electron chi connectivity index (χ0n) is 18.0. The number of pyridine rings is 2. The van der Waals surface area contributed by atoms with Crippen LogP contribution in [0.5, 0.6) is 0 Å². The smallest absolute Gasteiger partial charge is 0.213 e. The van der Waals surface area contributed by atoms with Crippen molar-refractivity contribution in [2.24, 2.45) is 0 Å². The van der Waals surface area contributed by atoms with E-state index in [1.54, 1.807) is 0 Å². The lowest BCUT2D eigenvalue weighted by atomic mass is 9.61. The minimum absolute atomic E-state index is 0.0155. The molecule has 33 heavy (non-hydrogen) atoms. The molecule has 164 valence electrons. The monoisotopic (exact) mass is 440 g/mol. The zero-order chi connectivity index (χ0) is 22.8. The van der Waals surface area contributed by atoms with Gasteiger partial charge in [0.05, 0.1) is 0 Å². The Kier molecular flexibility index (Phi) is 5.55. The molecular weight excluding hydrogens is 418 g/mol. The van der Waals surface area contributed by atoms with E-state index in [1.165, 1.54) is 24.5 Å². The second-order valence-electron chi connectivity index (χ2n) is 8.48. The van der Waals surface area contributed by atoms with Gasteiger partial charge in [-0.3, -0.25) is 4.79 Å². The molecule has 3 nitrogen and oxygen atoms in total. The number of benzene rings is 2. The first-order chi connectivity index (χ1) is 16.1. The largest absolute Gasteiger partial charge is 0.289 e. The lowest BCUT2D eigenvalue weighted by Gasteiger charge is -2.41. The molecule has 0 bridgehead atoms. The van der Waals surface area contributed by atoms with Crippen LogP contribution in [0.25, 0.3) is 0 Å². The summed E-state index contributed by atoms with van der Waals surface area (Å²) in [7, 11) is 0. The molecule has 0 aliphatic heterocycles. The van der Waals surface area contributed by atoms with Gasteiger partial charge in [0.15, 0.2) is 5.78 Å². The lowest BCUT2D eigenvalue weighted by molar-refractivity contribution is 0.102. The first-order valence-corrected chi connectivity index (χ1v) is 11.0. The highest BCUT2D eigenvalue weighted by atomic mass is 19.1. The molecule has 0 unspecified atom stereocenters. The number of carbonyl (C=O) groups excluding carboxylic acids is 1. The minimum Gasteiger partial charge on any atom is -0.289 e. The van der Waals surface area contributed by atoms with Crippen LogP contribution < -0.4 is 0 Å². The predicted octanol–water partition coefficient (Wildman–Crippen LogP) is 5.85. The Balaban J connectivity index is 1.63. The molecule has 0 saturated carbocycles. The molecule has 1 aliphatic rings. The Hall–Kier alpha value is -3.73. The lowest BCUT2D eigenvalue weighted by Crippen LogP contribution is -2.37. The molecule has 5 rings (SSSR count). The van der Waals surface area contributed by atoms with E-state index in [2.05, 4.69) is 9.97 Å².